The summed E-state index contributed by atoms with van der Waals surface area (Å²) >= 11 is 0. The lowest BCUT2D eigenvalue weighted by atomic mass is 10.7. The highest BCUT2D eigenvalue weighted by molar-refractivity contribution is 4.31. The fourth-order valence-electron chi connectivity index (χ4n) is 0.146. The van der Waals surface area contributed by atoms with Crippen LogP contribution in [0.15, 0.2) is 0 Å². The van der Waals surface area contributed by atoms with E-state index in [2.05, 4.69) is 5.32 Å². The van der Waals surface area contributed by atoms with E-state index in [0.717, 1.165) is 0 Å². The van der Waals surface area contributed by atoms with Crippen molar-refractivity contribution in [3.8, 4) is 0 Å². The largest absolute Gasteiger partial charge is 0.381 e. The van der Waals surface area contributed by atoms with E-state index < -0.39 is 6.67 Å². The second-order valence-electron chi connectivity index (χ2n) is 0.847. The first-order valence-electron chi connectivity index (χ1n) is 1.79. The van der Waals surface area contributed by atoms with E-state index in [9.17, 15) is 4.39 Å². The number of hydrogen-bond donors (Lipinski definition) is 2. The van der Waals surface area contributed by atoms with Crippen LogP contribution < -0.4 is 5.32 Å². The van der Waals surface area contributed by atoms with Gasteiger partial charge in [0.15, 0.2) is 0 Å². The Hall–Kier alpha value is -0.150. The second kappa shape index (κ2) is 4.85. The Bertz CT molecular complexity index is 22.8. The van der Waals surface area contributed by atoms with Gasteiger partial charge in [-0.25, -0.2) is 4.39 Å². The molecular formula is C3H8FNO. The fraction of sp³-hybridized carbons (Fsp3) is 1.00. The average molecular weight is 93.1 g/mol. The van der Waals surface area contributed by atoms with Crippen molar-refractivity contribution in [1.29, 1.82) is 0 Å². The molecule has 2 nitrogen and oxygen atoms in total. The molecule has 6 heavy (non-hydrogen) atoms. The Balaban J connectivity index is 2.34. The van der Waals surface area contributed by atoms with Crippen LogP contribution >= 0.6 is 0 Å². The number of halogens is 1. The molecule has 0 atom stereocenters. The molecule has 2 N–H and O–H groups in total. The number of aliphatic hydroxyl groups is 1. The van der Waals surface area contributed by atoms with E-state index in [-0.39, 0.29) is 13.3 Å². The van der Waals surface area contributed by atoms with E-state index in [1.165, 1.54) is 0 Å². The molecule has 0 aliphatic heterocycles. The third kappa shape index (κ3) is 3.85. The molecule has 0 aromatic carbocycles. The first-order valence-corrected chi connectivity index (χ1v) is 1.79. The van der Waals surface area contributed by atoms with E-state index in [0.29, 0.717) is 0 Å². The van der Waals surface area contributed by atoms with Gasteiger partial charge >= 0.3 is 0 Å². The van der Waals surface area contributed by atoms with Crippen molar-refractivity contribution in [2.45, 2.75) is 0 Å². The van der Waals surface area contributed by atoms with Crippen LogP contribution in [0.5, 0.6) is 0 Å². The maximum absolute atomic E-state index is 11.0. The summed E-state index contributed by atoms with van der Waals surface area (Å²) in [6, 6.07) is 0. The van der Waals surface area contributed by atoms with Crippen LogP contribution in [0.3, 0.4) is 0 Å². The molecule has 0 rings (SSSR count). The highest BCUT2D eigenvalue weighted by atomic mass is 19.1. The Kier molecular flexibility index (Phi) is 4.73. The molecule has 0 amide bonds. The van der Waals surface area contributed by atoms with Crippen LogP contribution in [-0.4, -0.2) is 25.1 Å². The van der Waals surface area contributed by atoms with Crippen molar-refractivity contribution in [2.24, 2.45) is 0 Å². The molecule has 0 aliphatic carbocycles. The Morgan fingerprint density at radius 3 is 2.50 bits per heavy atom. The van der Waals surface area contributed by atoms with Gasteiger partial charge in [0, 0.05) is 6.54 Å². The van der Waals surface area contributed by atoms with Gasteiger partial charge in [0.25, 0.3) is 0 Å². The summed E-state index contributed by atoms with van der Waals surface area (Å²) < 4.78 is 11.0. The molecule has 0 unspecified atom stereocenters. The Morgan fingerprint density at radius 1 is 1.67 bits per heavy atom. The molecule has 0 aliphatic rings. The molecule has 0 aromatic rings. The second-order valence-corrected chi connectivity index (χ2v) is 0.847. The summed E-state index contributed by atoms with van der Waals surface area (Å²) in [5.41, 5.74) is 0. The lowest BCUT2D eigenvalue weighted by Gasteiger charge is -1.89. The minimum Gasteiger partial charge on any atom is -0.381 e. The van der Waals surface area contributed by atoms with Crippen molar-refractivity contribution < 1.29 is 9.50 Å². The van der Waals surface area contributed by atoms with Crippen molar-refractivity contribution in [2.75, 3.05) is 20.0 Å². The standard InChI is InChI=1S/C3H8FNO/c4-1-2-5-3-6/h5-6H,1-3H2. The summed E-state index contributed by atoms with van der Waals surface area (Å²) in [6.07, 6.45) is 0. The van der Waals surface area contributed by atoms with Gasteiger partial charge in [-0.05, 0) is 0 Å². The number of rotatable bonds is 3. The molecule has 0 spiro atoms. The summed E-state index contributed by atoms with van der Waals surface area (Å²) in [4.78, 5) is 0. The molecule has 0 saturated heterocycles. The van der Waals surface area contributed by atoms with Crippen molar-refractivity contribution in [1.82, 2.24) is 5.32 Å². The zero-order valence-electron chi connectivity index (χ0n) is 3.45. The van der Waals surface area contributed by atoms with E-state index in [1.54, 1.807) is 0 Å². The van der Waals surface area contributed by atoms with Crippen LogP contribution in [0.1, 0.15) is 0 Å². The van der Waals surface area contributed by atoms with Crippen LogP contribution in [0.2, 0.25) is 0 Å². The molecule has 3 heteroatoms. The Morgan fingerprint density at radius 2 is 2.33 bits per heavy atom. The van der Waals surface area contributed by atoms with Gasteiger partial charge < -0.3 is 5.11 Å². The summed E-state index contributed by atoms with van der Waals surface area (Å²) in [6.45, 7) is -0.305. The maximum atomic E-state index is 11.0. The van der Waals surface area contributed by atoms with E-state index in [1.807, 2.05) is 0 Å². The SMILES string of the molecule is OCNCCF. The first-order chi connectivity index (χ1) is 2.91. The molecule has 0 aromatic heterocycles. The lowest BCUT2D eigenvalue weighted by Crippen LogP contribution is -2.16. The third-order valence-corrected chi connectivity index (χ3v) is 0.383. The summed E-state index contributed by atoms with van der Waals surface area (Å²) in [7, 11) is 0. The van der Waals surface area contributed by atoms with E-state index >= 15 is 0 Å². The monoisotopic (exact) mass is 93.1 g/mol. The molecule has 0 heterocycles. The van der Waals surface area contributed by atoms with Crippen molar-refractivity contribution >= 4 is 0 Å². The summed E-state index contributed by atoms with van der Waals surface area (Å²) in [5.74, 6) is 0. The quantitative estimate of drug-likeness (QED) is 0.364. The maximum Gasteiger partial charge on any atom is 0.102 e. The predicted octanol–water partition coefficient (Wildman–Crippen LogP) is -0.505. The van der Waals surface area contributed by atoms with Crippen LogP contribution in [0.25, 0.3) is 0 Å². The third-order valence-electron chi connectivity index (χ3n) is 0.383. The number of alkyl halides is 1. The van der Waals surface area contributed by atoms with Gasteiger partial charge in [0.1, 0.15) is 6.67 Å². The number of aliphatic hydroxyl groups excluding tert-OH is 1. The molecule has 0 radical (unpaired) electrons. The predicted molar refractivity (Wildman–Crippen MR) is 21.1 cm³/mol. The van der Waals surface area contributed by atoms with E-state index in [4.69, 9.17) is 5.11 Å². The van der Waals surface area contributed by atoms with Gasteiger partial charge in [0.05, 0.1) is 6.73 Å². The van der Waals surface area contributed by atoms with Gasteiger partial charge in [-0.2, -0.15) is 0 Å². The first kappa shape index (κ1) is 5.85. The van der Waals surface area contributed by atoms with Crippen LogP contribution in [0, 0.1) is 0 Å². The van der Waals surface area contributed by atoms with Gasteiger partial charge in [-0.1, -0.05) is 0 Å². The molecule has 0 fully saturated rings. The highest BCUT2D eigenvalue weighted by Gasteiger charge is 1.75. The minimum atomic E-state index is -0.416. The van der Waals surface area contributed by atoms with Crippen molar-refractivity contribution in [3.05, 3.63) is 0 Å². The molecular weight excluding hydrogens is 85.0 g/mol. The number of nitrogens with one attached hydrogen (secondary N) is 1. The average Bonchev–Trinajstić information content (AvgIpc) is 1.61. The highest BCUT2D eigenvalue weighted by Crippen LogP contribution is 1.58. The topological polar surface area (TPSA) is 32.3 Å². The lowest BCUT2D eigenvalue weighted by molar-refractivity contribution is 0.255. The Labute approximate surface area is 36.0 Å². The minimum absolute atomic E-state index is 0.135. The summed E-state index contributed by atoms with van der Waals surface area (Å²) in [5, 5.41) is 10.3. The molecule has 38 valence electrons. The number of hydrogen-bond acceptors (Lipinski definition) is 2. The van der Waals surface area contributed by atoms with Gasteiger partial charge in [-0.3, -0.25) is 5.32 Å². The fourth-order valence-corrected chi connectivity index (χ4v) is 0.146. The van der Waals surface area contributed by atoms with Crippen molar-refractivity contribution in [3.63, 3.8) is 0 Å². The van der Waals surface area contributed by atoms with Gasteiger partial charge in [0.2, 0.25) is 0 Å². The zero-order chi connectivity index (χ0) is 4.83. The zero-order valence-corrected chi connectivity index (χ0v) is 3.45. The normalized spacial score (nSPS) is 9.00. The van der Waals surface area contributed by atoms with Crippen LogP contribution in [-0.2, 0) is 0 Å². The smallest absolute Gasteiger partial charge is 0.102 e. The van der Waals surface area contributed by atoms with Gasteiger partial charge in [-0.15, -0.1) is 0 Å². The van der Waals surface area contributed by atoms with Crippen LogP contribution in [0.4, 0.5) is 4.39 Å². The molecule has 0 bridgehead atoms. The molecule has 0 saturated carbocycles.